The van der Waals surface area contributed by atoms with Crippen LogP contribution in [0.15, 0.2) is 48.8 Å². The monoisotopic (exact) mass is 283 g/mol. The quantitative estimate of drug-likeness (QED) is 0.779. The molecule has 3 nitrogen and oxygen atoms in total. The second kappa shape index (κ2) is 6.06. The maximum atomic E-state index is 12.9. The molecule has 0 unspecified atom stereocenters. The summed E-state index contributed by atoms with van der Waals surface area (Å²) in [5.41, 5.74) is 4.22. The van der Waals surface area contributed by atoms with Crippen LogP contribution in [0.1, 0.15) is 23.7 Å². The number of nitrogens with zero attached hydrogens (tertiary/aromatic N) is 2. The van der Waals surface area contributed by atoms with Gasteiger partial charge in [-0.05, 0) is 41.9 Å². The van der Waals surface area contributed by atoms with Crippen molar-refractivity contribution in [1.82, 2.24) is 14.7 Å². The fraction of sp³-hybridized carbons (Fsp3) is 0.235. The van der Waals surface area contributed by atoms with Gasteiger partial charge in [0, 0.05) is 25.4 Å². The Kier molecular flexibility index (Phi) is 3.97. The topological polar surface area (TPSA) is 29.3 Å². The van der Waals surface area contributed by atoms with Gasteiger partial charge in [0.05, 0.1) is 5.69 Å². The molecule has 3 rings (SSSR count). The van der Waals surface area contributed by atoms with E-state index in [0.29, 0.717) is 6.42 Å². The standard InChI is InChI=1S/C17H18FN3/c1-2-19-11-14-7-8-21-12-16(20-17(21)10-14)9-13-3-5-15(18)6-4-13/h3-8,10,12,19H,2,9,11H2,1H3. The van der Waals surface area contributed by atoms with Crippen molar-refractivity contribution < 1.29 is 4.39 Å². The van der Waals surface area contributed by atoms with Crippen LogP contribution < -0.4 is 5.32 Å². The van der Waals surface area contributed by atoms with Crippen molar-refractivity contribution >= 4 is 5.65 Å². The second-order valence-corrected chi connectivity index (χ2v) is 5.12. The maximum absolute atomic E-state index is 12.9. The molecule has 108 valence electrons. The largest absolute Gasteiger partial charge is 0.313 e. The minimum absolute atomic E-state index is 0.207. The van der Waals surface area contributed by atoms with Crippen LogP contribution in [-0.2, 0) is 13.0 Å². The van der Waals surface area contributed by atoms with Crippen molar-refractivity contribution in [2.24, 2.45) is 0 Å². The van der Waals surface area contributed by atoms with Crippen LogP contribution in [-0.4, -0.2) is 15.9 Å². The zero-order valence-electron chi connectivity index (χ0n) is 12.0. The van der Waals surface area contributed by atoms with Crippen molar-refractivity contribution in [1.29, 1.82) is 0 Å². The van der Waals surface area contributed by atoms with Crippen LogP contribution in [0, 0.1) is 5.82 Å². The van der Waals surface area contributed by atoms with Crippen molar-refractivity contribution in [3.63, 3.8) is 0 Å². The highest BCUT2D eigenvalue weighted by molar-refractivity contribution is 5.43. The Morgan fingerprint density at radius 1 is 1.14 bits per heavy atom. The van der Waals surface area contributed by atoms with Crippen molar-refractivity contribution in [2.75, 3.05) is 6.54 Å². The first-order valence-electron chi connectivity index (χ1n) is 7.16. The highest BCUT2D eigenvalue weighted by Gasteiger charge is 2.04. The molecule has 4 heteroatoms. The predicted molar refractivity (Wildman–Crippen MR) is 81.8 cm³/mol. The number of hydrogen-bond donors (Lipinski definition) is 1. The fourth-order valence-electron chi connectivity index (χ4n) is 2.35. The molecule has 0 aliphatic carbocycles. The number of benzene rings is 1. The summed E-state index contributed by atoms with van der Waals surface area (Å²) in [6.45, 7) is 3.90. The highest BCUT2D eigenvalue weighted by atomic mass is 19.1. The van der Waals surface area contributed by atoms with Gasteiger partial charge in [0.2, 0.25) is 0 Å². The van der Waals surface area contributed by atoms with Crippen LogP contribution in [0.5, 0.6) is 0 Å². The molecule has 0 spiro atoms. The number of nitrogens with one attached hydrogen (secondary N) is 1. The number of pyridine rings is 1. The molecule has 2 heterocycles. The average Bonchev–Trinajstić information content (AvgIpc) is 2.89. The summed E-state index contributed by atoms with van der Waals surface area (Å²) in [5, 5.41) is 3.31. The molecule has 0 atom stereocenters. The van der Waals surface area contributed by atoms with E-state index in [4.69, 9.17) is 0 Å². The van der Waals surface area contributed by atoms with Crippen LogP contribution in [0.4, 0.5) is 4.39 Å². The molecule has 3 aromatic rings. The van der Waals surface area contributed by atoms with E-state index in [1.165, 1.54) is 17.7 Å². The molecule has 1 N–H and O–H groups in total. The Hall–Kier alpha value is -2.20. The van der Waals surface area contributed by atoms with Crippen LogP contribution >= 0.6 is 0 Å². The Bertz CT molecular complexity index is 731. The summed E-state index contributed by atoms with van der Waals surface area (Å²) in [4.78, 5) is 4.64. The molecule has 0 aliphatic rings. The minimum atomic E-state index is -0.207. The molecular formula is C17H18FN3. The smallest absolute Gasteiger partial charge is 0.137 e. The number of imidazole rings is 1. The maximum Gasteiger partial charge on any atom is 0.137 e. The summed E-state index contributed by atoms with van der Waals surface area (Å²) in [6.07, 6.45) is 4.77. The SMILES string of the molecule is CCNCc1ccn2cc(Cc3ccc(F)cc3)nc2c1. The first kappa shape index (κ1) is 13.8. The molecule has 0 aliphatic heterocycles. The lowest BCUT2D eigenvalue weighted by atomic mass is 10.1. The third-order valence-corrected chi connectivity index (χ3v) is 3.45. The molecule has 1 aromatic carbocycles. The van der Waals surface area contributed by atoms with E-state index < -0.39 is 0 Å². The van der Waals surface area contributed by atoms with Gasteiger partial charge in [0.25, 0.3) is 0 Å². The van der Waals surface area contributed by atoms with Crippen LogP contribution in [0.3, 0.4) is 0 Å². The van der Waals surface area contributed by atoms with Gasteiger partial charge < -0.3 is 9.72 Å². The highest BCUT2D eigenvalue weighted by Crippen LogP contribution is 2.13. The van der Waals surface area contributed by atoms with Crippen molar-refractivity contribution in [3.05, 3.63) is 71.4 Å². The van der Waals surface area contributed by atoms with Crippen molar-refractivity contribution in [2.45, 2.75) is 19.9 Å². The fourth-order valence-corrected chi connectivity index (χ4v) is 2.35. The van der Waals surface area contributed by atoms with Crippen LogP contribution in [0.2, 0.25) is 0 Å². The summed E-state index contributed by atoms with van der Waals surface area (Å²) >= 11 is 0. The molecular weight excluding hydrogens is 265 g/mol. The molecule has 21 heavy (non-hydrogen) atoms. The Morgan fingerprint density at radius 3 is 2.71 bits per heavy atom. The number of aromatic nitrogens is 2. The summed E-state index contributed by atoms with van der Waals surface area (Å²) in [6, 6.07) is 10.8. The zero-order chi connectivity index (χ0) is 14.7. The lowest BCUT2D eigenvalue weighted by Gasteiger charge is -2.01. The van der Waals surface area contributed by atoms with E-state index >= 15 is 0 Å². The Labute approximate surface area is 123 Å². The van der Waals surface area contributed by atoms with Gasteiger partial charge in [-0.15, -0.1) is 0 Å². The van der Waals surface area contributed by atoms with Crippen LogP contribution in [0.25, 0.3) is 5.65 Å². The lowest BCUT2D eigenvalue weighted by molar-refractivity contribution is 0.627. The lowest BCUT2D eigenvalue weighted by Crippen LogP contribution is -2.11. The number of rotatable bonds is 5. The number of hydrogen-bond acceptors (Lipinski definition) is 2. The average molecular weight is 283 g/mol. The van der Waals surface area contributed by atoms with E-state index in [-0.39, 0.29) is 5.82 Å². The van der Waals surface area contributed by atoms with E-state index in [0.717, 1.165) is 30.0 Å². The first-order valence-corrected chi connectivity index (χ1v) is 7.16. The summed E-state index contributed by atoms with van der Waals surface area (Å²) in [5.74, 6) is -0.207. The molecule has 0 radical (unpaired) electrons. The number of fused-ring (bicyclic) bond motifs is 1. The molecule has 0 saturated heterocycles. The van der Waals surface area contributed by atoms with E-state index in [1.807, 2.05) is 16.8 Å². The van der Waals surface area contributed by atoms with E-state index in [2.05, 4.69) is 29.4 Å². The first-order chi connectivity index (χ1) is 10.2. The van der Waals surface area contributed by atoms with Gasteiger partial charge in [-0.3, -0.25) is 0 Å². The third-order valence-electron chi connectivity index (χ3n) is 3.45. The Morgan fingerprint density at radius 2 is 1.95 bits per heavy atom. The van der Waals surface area contributed by atoms with E-state index in [1.54, 1.807) is 12.1 Å². The minimum Gasteiger partial charge on any atom is -0.313 e. The molecule has 2 aromatic heterocycles. The second-order valence-electron chi connectivity index (χ2n) is 5.12. The van der Waals surface area contributed by atoms with Gasteiger partial charge in [0.15, 0.2) is 0 Å². The molecule has 0 bridgehead atoms. The van der Waals surface area contributed by atoms with Gasteiger partial charge in [-0.2, -0.15) is 0 Å². The predicted octanol–water partition coefficient (Wildman–Crippen LogP) is 3.17. The van der Waals surface area contributed by atoms with Gasteiger partial charge in [-0.25, -0.2) is 9.37 Å². The van der Waals surface area contributed by atoms with Gasteiger partial charge in [-0.1, -0.05) is 19.1 Å². The zero-order valence-corrected chi connectivity index (χ0v) is 12.0. The van der Waals surface area contributed by atoms with Gasteiger partial charge in [0.1, 0.15) is 11.5 Å². The molecule has 0 fully saturated rings. The summed E-state index contributed by atoms with van der Waals surface area (Å²) in [7, 11) is 0. The molecule has 0 amide bonds. The summed E-state index contributed by atoms with van der Waals surface area (Å²) < 4.78 is 14.9. The Balaban J connectivity index is 1.81. The normalized spacial score (nSPS) is 11.1. The van der Waals surface area contributed by atoms with E-state index in [9.17, 15) is 4.39 Å². The molecule has 0 saturated carbocycles. The number of halogens is 1. The van der Waals surface area contributed by atoms with Crippen molar-refractivity contribution in [3.8, 4) is 0 Å². The third kappa shape index (κ3) is 3.28. The van der Waals surface area contributed by atoms with Gasteiger partial charge >= 0.3 is 0 Å².